The predicted molar refractivity (Wildman–Crippen MR) is 61.0 cm³/mol. The molecule has 4 N–H and O–H groups in total. The van der Waals surface area contributed by atoms with Crippen LogP contribution in [-0.4, -0.2) is 38.2 Å². The molecule has 0 atom stereocenters. The maximum atomic E-state index is 11.6. The molecule has 0 spiro atoms. The highest BCUT2D eigenvalue weighted by atomic mass is 32.2. The second-order valence-corrected chi connectivity index (χ2v) is 4.87. The summed E-state index contributed by atoms with van der Waals surface area (Å²) in [6.07, 6.45) is 0.969. The van der Waals surface area contributed by atoms with Gasteiger partial charge in [0.05, 0.1) is 5.84 Å². The molecular formula is C8H20N4O2S. The number of hydrogen-bond donors (Lipinski definition) is 3. The molecule has 0 heterocycles. The molecule has 0 saturated carbocycles. The zero-order valence-electron chi connectivity index (χ0n) is 9.28. The third kappa shape index (κ3) is 5.71. The predicted octanol–water partition coefficient (Wildman–Crippen LogP) is -0.121. The van der Waals surface area contributed by atoms with E-state index in [1.807, 2.05) is 0 Å². The normalized spacial score (nSPS) is 11.9. The van der Waals surface area contributed by atoms with Gasteiger partial charge in [-0.25, -0.2) is 4.72 Å². The lowest BCUT2D eigenvalue weighted by atomic mass is 10.3. The molecule has 6 nitrogen and oxygen atoms in total. The Morgan fingerprint density at radius 2 is 1.93 bits per heavy atom. The van der Waals surface area contributed by atoms with Crippen LogP contribution in [0, 0.1) is 5.41 Å². The summed E-state index contributed by atoms with van der Waals surface area (Å²) < 4.78 is 26.9. The Bertz CT molecular complexity index is 285. The summed E-state index contributed by atoms with van der Waals surface area (Å²) in [4.78, 5) is 0. The fraction of sp³-hybridized carbons (Fsp3) is 0.875. The van der Waals surface area contributed by atoms with Gasteiger partial charge in [0.15, 0.2) is 0 Å². The average Bonchev–Trinajstić information content (AvgIpc) is 2.14. The molecule has 0 unspecified atom stereocenters. The number of nitrogens with one attached hydrogen (secondary N) is 2. The topological polar surface area (TPSA) is 99.3 Å². The van der Waals surface area contributed by atoms with E-state index in [1.165, 1.54) is 4.31 Å². The summed E-state index contributed by atoms with van der Waals surface area (Å²) in [5.41, 5.74) is 5.15. The van der Waals surface area contributed by atoms with Gasteiger partial charge < -0.3 is 5.73 Å². The summed E-state index contributed by atoms with van der Waals surface area (Å²) in [6.45, 7) is 4.81. The first kappa shape index (κ1) is 14.3. The number of nitrogens with two attached hydrogens (primary N) is 1. The Morgan fingerprint density at radius 3 is 2.33 bits per heavy atom. The molecule has 0 bridgehead atoms. The number of nitrogens with zero attached hydrogens (tertiary/aromatic N) is 1. The van der Waals surface area contributed by atoms with Crippen molar-refractivity contribution in [1.29, 1.82) is 5.41 Å². The fourth-order valence-electron chi connectivity index (χ4n) is 1.13. The number of hydrogen-bond acceptors (Lipinski definition) is 3. The molecule has 0 fully saturated rings. The van der Waals surface area contributed by atoms with Crippen LogP contribution in [0.25, 0.3) is 0 Å². The minimum atomic E-state index is -3.35. The Balaban J connectivity index is 3.99. The first-order valence-electron chi connectivity index (χ1n) is 5.01. The van der Waals surface area contributed by atoms with Crippen molar-refractivity contribution in [3.8, 4) is 0 Å². The van der Waals surface area contributed by atoms with Crippen molar-refractivity contribution < 1.29 is 8.42 Å². The van der Waals surface area contributed by atoms with Crippen LogP contribution in [0.5, 0.6) is 0 Å². The molecule has 90 valence electrons. The molecule has 7 heteroatoms. The van der Waals surface area contributed by atoms with E-state index in [2.05, 4.69) is 4.72 Å². The Labute approximate surface area is 91.5 Å². The summed E-state index contributed by atoms with van der Waals surface area (Å²) in [6, 6.07) is 0. The van der Waals surface area contributed by atoms with E-state index in [4.69, 9.17) is 11.1 Å². The zero-order chi connectivity index (χ0) is 11.9. The van der Waals surface area contributed by atoms with E-state index in [0.717, 1.165) is 0 Å². The summed E-state index contributed by atoms with van der Waals surface area (Å²) >= 11 is 0. The van der Waals surface area contributed by atoms with E-state index in [1.54, 1.807) is 13.8 Å². The molecule has 0 saturated heterocycles. The third-order valence-corrected chi connectivity index (χ3v) is 3.72. The summed E-state index contributed by atoms with van der Waals surface area (Å²) in [5.74, 6) is 0.0806. The van der Waals surface area contributed by atoms with E-state index in [-0.39, 0.29) is 5.84 Å². The van der Waals surface area contributed by atoms with Crippen LogP contribution in [0.4, 0.5) is 0 Å². The molecule has 0 aromatic heterocycles. The average molecular weight is 236 g/mol. The smallest absolute Gasteiger partial charge is 0.279 e. The molecule has 0 radical (unpaired) electrons. The quantitative estimate of drug-likeness (QED) is 0.311. The van der Waals surface area contributed by atoms with Gasteiger partial charge in [-0.3, -0.25) is 5.41 Å². The van der Waals surface area contributed by atoms with Gasteiger partial charge >= 0.3 is 0 Å². The number of rotatable bonds is 8. The molecule has 15 heavy (non-hydrogen) atoms. The first-order valence-corrected chi connectivity index (χ1v) is 6.45. The van der Waals surface area contributed by atoms with E-state index >= 15 is 0 Å². The molecular weight excluding hydrogens is 216 g/mol. The van der Waals surface area contributed by atoms with Crippen LogP contribution in [-0.2, 0) is 10.2 Å². The largest absolute Gasteiger partial charge is 0.388 e. The molecule has 0 aliphatic heterocycles. The minimum absolute atomic E-state index is 0.0806. The van der Waals surface area contributed by atoms with Crippen molar-refractivity contribution in [3.05, 3.63) is 0 Å². The van der Waals surface area contributed by atoms with E-state index < -0.39 is 10.2 Å². The van der Waals surface area contributed by atoms with Crippen molar-refractivity contribution in [1.82, 2.24) is 9.03 Å². The Kier molecular flexibility index (Phi) is 6.46. The lowest BCUT2D eigenvalue weighted by molar-refractivity contribution is 0.434. The maximum Gasteiger partial charge on any atom is 0.279 e. The molecule has 0 aliphatic carbocycles. The zero-order valence-corrected chi connectivity index (χ0v) is 10.1. The lowest BCUT2D eigenvalue weighted by Crippen LogP contribution is -2.40. The third-order valence-electron chi connectivity index (χ3n) is 1.95. The molecule has 0 aromatic rings. The monoisotopic (exact) mass is 236 g/mol. The van der Waals surface area contributed by atoms with Gasteiger partial charge in [-0.05, 0) is 6.42 Å². The van der Waals surface area contributed by atoms with Crippen LogP contribution in [0.15, 0.2) is 0 Å². The van der Waals surface area contributed by atoms with Crippen LogP contribution >= 0.6 is 0 Å². The van der Waals surface area contributed by atoms with Gasteiger partial charge in [0.2, 0.25) is 0 Å². The first-order chi connectivity index (χ1) is 6.94. The van der Waals surface area contributed by atoms with Gasteiger partial charge in [-0.2, -0.15) is 12.7 Å². The van der Waals surface area contributed by atoms with Crippen LogP contribution < -0.4 is 10.5 Å². The van der Waals surface area contributed by atoms with Crippen molar-refractivity contribution in [2.45, 2.75) is 26.7 Å². The van der Waals surface area contributed by atoms with Gasteiger partial charge in [-0.1, -0.05) is 13.8 Å². The molecule has 0 rings (SSSR count). The van der Waals surface area contributed by atoms with Crippen molar-refractivity contribution in [3.63, 3.8) is 0 Å². The van der Waals surface area contributed by atoms with Crippen molar-refractivity contribution in [2.75, 3.05) is 19.6 Å². The molecule has 0 amide bonds. The number of amidine groups is 1. The van der Waals surface area contributed by atoms with Gasteiger partial charge in [0.25, 0.3) is 10.2 Å². The van der Waals surface area contributed by atoms with Gasteiger partial charge in [0.1, 0.15) is 0 Å². The van der Waals surface area contributed by atoms with Crippen LogP contribution in [0.3, 0.4) is 0 Å². The lowest BCUT2D eigenvalue weighted by Gasteiger charge is -2.18. The SMILES string of the molecule is CCN(CC)S(=O)(=O)NCCCC(=N)N. The maximum absolute atomic E-state index is 11.6. The van der Waals surface area contributed by atoms with Gasteiger partial charge in [-0.15, -0.1) is 0 Å². The van der Waals surface area contributed by atoms with Crippen LogP contribution in [0.1, 0.15) is 26.7 Å². The standard InChI is InChI=1S/C8H20N4O2S/c1-3-12(4-2)15(13,14)11-7-5-6-8(9)10/h11H,3-7H2,1-2H3,(H3,9,10). The van der Waals surface area contributed by atoms with E-state index in [9.17, 15) is 8.42 Å². The van der Waals surface area contributed by atoms with Crippen molar-refractivity contribution >= 4 is 16.0 Å². The highest BCUT2D eigenvalue weighted by Crippen LogP contribution is 1.97. The Hall–Kier alpha value is -0.660. The second kappa shape index (κ2) is 6.76. The van der Waals surface area contributed by atoms with Crippen molar-refractivity contribution in [2.24, 2.45) is 5.73 Å². The second-order valence-electron chi connectivity index (χ2n) is 3.11. The molecule has 0 aliphatic rings. The molecule has 0 aromatic carbocycles. The van der Waals surface area contributed by atoms with Crippen LogP contribution in [0.2, 0.25) is 0 Å². The highest BCUT2D eigenvalue weighted by molar-refractivity contribution is 7.87. The summed E-state index contributed by atoms with van der Waals surface area (Å²) in [5, 5.41) is 6.98. The van der Waals surface area contributed by atoms with E-state index in [0.29, 0.717) is 32.5 Å². The van der Waals surface area contributed by atoms with Gasteiger partial charge in [0, 0.05) is 26.1 Å². The minimum Gasteiger partial charge on any atom is -0.388 e. The fourth-order valence-corrected chi connectivity index (χ4v) is 2.40. The summed E-state index contributed by atoms with van der Waals surface area (Å²) in [7, 11) is -3.35. The highest BCUT2D eigenvalue weighted by Gasteiger charge is 2.16. The Morgan fingerprint density at radius 1 is 1.40 bits per heavy atom.